The van der Waals surface area contributed by atoms with Gasteiger partial charge in [0.15, 0.2) is 0 Å². The summed E-state index contributed by atoms with van der Waals surface area (Å²) in [7, 11) is 0. The van der Waals surface area contributed by atoms with E-state index < -0.39 is 11.8 Å². The molecule has 0 atom stereocenters. The summed E-state index contributed by atoms with van der Waals surface area (Å²) in [6.07, 6.45) is 1.40. The first-order chi connectivity index (χ1) is 10.0. The summed E-state index contributed by atoms with van der Waals surface area (Å²) in [5.41, 5.74) is 6.65. The number of carbonyl (C=O) groups excluding carboxylic acids is 1. The first kappa shape index (κ1) is 15.1. The van der Waals surface area contributed by atoms with Crippen LogP contribution in [0.2, 0.25) is 5.02 Å². The summed E-state index contributed by atoms with van der Waals surface area (Å²) < 4.78 is 18.1. The molecule has 0 aliphatic heterocycles. The molecule has 0 saturated carbocycles. The molecule has 0 fully saturated rings. The maximum atomic E-state index is 13.1. The maximum absolute atomic E-state index is 13.1. The summed E-state index contributed by atoms with van der Waals surface area (Å²) >= 11 is 5.71. The number of hydrogen-bond donors (Lipinski definition) is 2. The van der Waals surface area contributed by atoms with Crippen LogP contribution in [-0.2, 0) is 4.74 Å². The summed E-state index contributed by atoms with van der Waals surface area (Å²) in [6.45, 7) is 1.93. The monoisotopic (exact) mass is 309 g/mol. The molecule has 0 saturated heterocycles. The Bertz CT molecular complexity index is 679. The Balaban J connectivity index is 2.34. The van der Waals surface area contributed by atoms with E-state index in [1.165, 1.54) is 30.5 Å². The maximum Gasteiger partial charge on any atom is 0.341 e. The molecule has 0 aliphatic rings. The fraction of sp³-hybridized carbons (Fsp3) is 0.143. The summed E-state index contributed by atoms with van der Waals surface area (Å²) in [5.74, 6) is -0.823. The topological polar surface area (TPSA) is 77.2 Å². The number of rotatable bonds is 4. The van der Waals surface area contributed by atoms with Gasteiger partial charge in [0.25, 0.3) is 0 Å². The van der Waals surface area contributed by atoms with E-state index in [1.807, 2.05) is 0 Å². The molecule has 0 amide bonds. The van der Waals surface area contributed by atoms with Crippen LogP contribution in [0.15, 0.2) is 30.5 Å². The molecule has 7 heteroatoms. The second-order valence-electron chi connectivity index (χ2n) is 4.14. The van der Waals surface area contributed by atoms with Crippen molar-refractivity contribution in [2.45, 2.75) is 6.92 Å². The first-order valence-corrected chi connectivity index (χ1v) is 6.53. The Morgan fingerprint density at radius 1 is 1.48 bits per heavy atom. The fourth-order valence-electron chi connectivity index (χ4n) is 1.66. The molecule has 2 rings (SSSR count). The van der Waals surface area contributed by atoms with Gasteiger partial charge in [-0.2, -0.15) is 0 Å². The lowest BCUT2D eigenvalue weighted by atomic mass is 10.2. The third-order valence-electron chi connectivity index (χ3n) is 2.59. The number of nitrogens with zero attached hydrogens (tertiary/aromatic N) is 1. The number of halogens is 2. The highest BCUT2D eigenvalue weighted by atomic mass is 35.5. The van der Waals surface area contributed by atoms with Gasteiger partial charge in [0.05, 0.1) is 23.5 Å². The molecular weight excluding hydrogens is 297 g/mol. The lowest BCUT2D eigenvalue weighted by Gasteiger charge is -2.11. The molecule has 1 heterocycles. The summed E-state index contributed by atoms with van der Waals surface area (Å²) in [5, 5.41) is 2.85. The van der Waals surface area contributed by atoms with E-state index in [0.717, 1.165) is 0 Å². The summed E-state index contributed by atoms with van der Waals surface area (Å²) in [4.78, 5) is 15.9. The van der Waals surface area contributed by atoms with Crippen LogP contribution >= 0.6 is 11.6 Å². The second kappa shape index (κ2) is 6.41. The van der Waals surface area contributed by atoms with Gasteiger partial charge in [0.2, 0.25) is 0 Å². The Morgan fingerprint density at radius 2 is 2.24 bits per heavy atom. The third-order valence-corrected chi connectivity index (χ3v) is 2.88. The number of hydrogen-bond acceptors (Lipinski definition) is 5. The van der Waals surface area contributed by atoms with Crippen LogP contribution in [0.1, 0.15) is 17.3 Å². The molecule has 0 radical (unpaired) electrons. The Kier molecular flexibility index (Phi) is 4.59. The largest absolute Gasteiger partial charge is 0.462 e. The predicted molar refractivity (Wildman–Crippen MR) is 79.3 cm³/mol. The van der Waals surface area contributed by atoms with Crippen molar-refractivity contribution in [3.05, 3.63) is 46.9 Å². The molecule has 3 N–H and O–H groups in total. The Labute approximate surface area is 125 Å². The highest BCUT2D eigenvalue weighted by Crippen LogP contribution is 2.25. The van der Waals surface area contributed by atoms with Crippen molar-refractivity contribution in [3.8, 4) is 0 Å². The molecule has 21 heavy (non-hydrogen) atoms. The zero-order chi connectivity index (χ0) is 15.4. The predicted octanol–water partition coefficient (Wildman–Crippen LogP) is 3.38. The SMILES string of the molecule is CCOC(=O)c1cc(N)cnc1Nc1ccc(F)c(Cl)c1. The lowest BCUT2D eigenvalue weighted by molar-refractivity contribution is 0.0527. The van der Waals surface area contributed by atoms with Crippen LogP contribution in [0.4, 0.5) is 21.6 Å². The highest BCUT2D eigenvalue weighted by Gasteiger charge is 2.15. The van der Waals surface area contributed by atoms with Gasteiger partial charge in [-0.1, -0.05) is 11.6 Å². The smallest absolute Gasteiger partial charge is 0.341 e. The number of ether oxygens (including phenoxy) is 1. The van der Waals surface area contributed by atoms with E-state index in [2.05, 4.69) is 10.3 Å². The number of aromatic nitrogens is 1. The van der Waals surface area contributed by atoms with Gasteiger partial charge < -0.3 is 15.8 Å². The molecule has 0 unspecified atom stereocenters. The van der Waals surface area contributed by atoms with Gasteiger partial charge in [-0.15, -0.1) is 0 Å². The van der Waals surface area contributed by atoms with E-state index >= 15 is 0 Å². The van der Waals surface area contributed by atoms with Crippen molar-refractivity contribution in [3.63, 3.8) is 0 Å². The number of nitrogens with two attached hydrogens (primary N) is 1. The van der Waals surface area contributed by atoms with E-state index in [-0.39, 0.29) is 23.0 Å². The molecule has 0 bridgehead atoms. The Hall–Kier alpha value is -2.34. The fourth-order valence-corrected chi connectivity index (χ4v) is 1.84. The number of esters is 1. The number of carbonyl (C=O) groups is 1. The van der Waals surface area contributed by atoms with Crippen LogP contribution in [-0.4, -0.2) is 17.6 Å². The van der Waals surface area contributed by atoms with Gasteiger partial charge >= 0.3 is 5.97 Å². The van der Waals surface area contributed by atoms with Gasteiger partial charge in [-0.3, -0.25) is 0 Å². The van der Waals surface area contributed by atoms with E-state index in [0.29, 0.717) is 11.4 Å². The van der Waals surface area contributed by atoms with Crippen LogP contribution in [0.5, 0.6) is 0 Å². The molecule has 5 nitrogen and oxygen atoms in total. The minimum absolute atomic E-state index is 0.0341. The van der Waals surface area contributed by atoms with Crippen LogP contribution in [0.25, 0.3) is 0 Å². The van der Waals surface area contributed by atoms with Crippen molar-refractivity contribution >= 4 is 34.8 Å². The molecule has 1 aromatic heterocycles. The quantitative estimate of drug-likeness (QED) is 0.847. The number of benzene rings is 1. The van der Waals surface area contributed by atoms with Gasteiger partial charge in [0, 0.05) is 5.69 Å². The third kappa shape index (κ3) is 3.61. The van der Waals surface area contributed by atoms with Gasteiger partial charge in [0.1, 0.15) is 17.2 Å². The standard InChI is InChI=1S/C14H13ClFN3O2/c1-2-21-14(20)10-5-8(17)7-18-13(10)19-9-3-4-12(16)11(15)6-9/h3-7H,2,17H2,1H3,(H,18,19). The normalized spacial score (nSPS) is 10.2. The minimum atomic E-state index is -0.548. The van der Waals surface area contributed by atoms with E-state index in [9.17, 15) is 9.18 Å². The highest BCUT2D eigenvalue weighted by molar-refractivity contribution is 6.31. The molecular formula is C14H13ClFN3O2. The number of pyridine rings is 1. The van der Waals surface area contributed by atoms with Crippen molar-refractivity contribution in [1.82, 2.24) is 4.98 Å². The van der Waals surface area contributed by atoms with Crippen molar-refractivity contribution in [2.75, 3.05) is 17.7 Å². The molecule has 110 valence electrons. The molecule has 0 aliphatic carbocycles. The summed E-state index contributed by atoms with van der Waals surface area (Å²) in [6, 6.07) is 5.54. The molecule has 1 aromatic carbocycles. The zero-order valence-electron chi connectivity index (χ0n) is 11.2. The van der Waals surface area contributed by atoms with Gasteiger partial charge in [-0.05, 0) is 31.2 Å². The number of nitrogens with one attached hydrogen (secondary N) is 1. The van der Waals surface area contributed by atoms with Crippen LogP contribution in [0, 0.1) is 5.82 Å². The first-order valence-electron chi connectivity index (χ1n) is 6.16. The zero-order valence-corrected chi connectivity index (χ0v) is 11.9. The van der Waals surface area contributed by atoms with Crippen molar-refractivity contribution in [1.29, 1.82) is 0 Å². The second-order valence-corrected chi connectivity index (χ2v) is 4.55. The van der Waals surface area contributed by atoms with Crippen molar-refractivity contribution in [2.24, 2.45) is 0 Å². The van der Waals surface area contributed by atoms with E-state index in [4.69, 9.17) is 22.1 Å². The molecule has 0 spiro atoms. The lowest BCUT2D eigenvalue weighted by Crippen LogP contribution is -2.10. The average molecular weight is 310 g/mol. The minimum Gasteiger partial charge on any atom is -0.462 e. The number of nitrogen functional groups attached to an aromatic ring is 1. The number of anilines is 3. The van der Waals surface area contributed by atoms with Gasteiger partial charge in [-0.25, -0.2) is 14.2 Å². The Morgan fingerprint density at radius 3 is 2.90 bits per heavy atom. The van der Waals surface area contributed by atoms with Crippen LogP contribution < -0.4 is 11.1 Å². The van der Waals surface area contributed by atoms with Crippen molar-refractivity contribution < 1.29 is 13.9 Å². The molecule has 2 aromatic rings. The average Bonchev–Trinajstić information content (AvgIpc) is 2.45. The van der Waals surface area contributed by atoms with Crippen LogP contribution in [0.3, 0.4) is 0 Å². The van der Waals surface area contributed by atoms with E-state index in [1.54, 1.807) is 6.92 Å².